The van der Waals surface area contributed by atoms with E-state index in [1.54, 1.807) is 12.1 Å². The first-order chi connectivity index (χ1) is 34.1. The number of hydrogen-bond donors (Lipinski definition) is 5. The van der Waals surface area contributed by atoms with E-state index < -0.39 is 54.4 Å². The predicted octanol–water partition coefficient (Wildman–Crippen LogP) is 6.39. The van der Waals surface area contributed by atoms with Crippen molar-refractivity contribution in [3.63, 3.8) is 0 Å². The highest BCUT2D eigenvalue weighted by Crippen LogP contribution is 2.39. The van der Waals surface area contributed by atoms with Crippen LogP contribution in [0.5, 0.6) is 11.5 Å². The van der Waals surface area contributed by atoms with E-state index in [1.807, 2.05) is 16.3 Å². The first-order valence-electron chi connectivity index (χ1n) is 22.5. The van der Waals surface area contributed by atoms with Gasteiger partial charge in [-0.15, -0.1) is 11.3 Å². The van der Waals surface area contributed by atoms with Gasteiger partial charge in [-0.25, -0.2) is 19.0 Å². The maximum absolute atomic E-state index is 15.1. The topological polar surface area (TPSA) is 220 Å². The van der Waals surface area contributed by atoms with Crippen molar-refractivity contribution in [1.29, 1.82) is 0 Å². The molecule has 2 fully saturated rings. The number of phenols is 1. The summed E-state index contributed by atoms with van der Waals surface area (Å²) in [6, 6.07) is 8.15. The molecule has 73 heavy (non-hydrogen) atoms. The van der Waals surface area contributed by atoms with Crippen molar-refractivity contribution in [2.45, 2.75) is 82.5 Å². The van der Waals surface area contributed by atoms with E-state index >= 15 is 4.39 Å². The molecule has 2 aromatic carbocycles. The zero-order valence-corrected chi connectivity index (χ0v) is 40.2. The number of piperidine rings is 1. The molecule has 0 radical (unpaired) electrons. The summed E-state index contributed by atoms with van der Waals surface area (Å²) >= 11 is 1.51. The van der Waals surface area contributed by atoms with Crippen LogP contribution in [-0.2, 0) is 48.0 Å². The third-order valence-electron chi connectivity index (χ3n) is 11.2. The van der Waals surface area contributed by atoms with Gasteiger partial charge < -0.3 is 50.0 Å². The molecule has 3 aliphatic rings. The van der Waals surface area contributed by atoms with E-state index in [2.05, 4.69) is 34.4 Å². The fourth-order valence-corrected chi connectivity index (χ4v) is 8.29. The summed E-state index contributed by atoms with van der Waals surface area (Å²) in [5, 5.41) is 32.6. The van der Waals surface area contributed by atoms with Crippen LogP contribution in [0.2, 0.25) is 0 Å². The second-order valence-electron chi connectivity index (χ2n) is 17.1. The molecule has 0 bridgehead atoms. The average Bonchev–Trinajstić information content (AvgIpc) is 3.81. The molecule has 0 atom stereocenters. The van der Waals surface area contributed by atoms with Crippen molar-refractivity contribution >= 4 is 46.7 Å². The van der Waals surface area contributed by atoms with Gasteiger partial charge in [-0.05, 0) is 61.1 Å². The normalized spacial score (nSPS) is 15.8. The van der Waals surface area contributed by atoms with Crippen molar-refractivity contribution in [2.24, 2.45) is 0 Å². The molecule has 1 spiro atoms. The number of nitrogens with one attached hydrogen (secondary N) is 2. The largest absolute Gasteiger partial charge is 0.506 e. The number of hydrogen-bond acceptors (Lipinski definition) is 13. The molecule has 17 nitrogen and oxygen atoms in total. The number of likely N-dealkylation sites (tertiary alicyclic amines) is 1. The molecule has 3 aromatic rings. The van der Waals surface area contributed by atoms with E-state index in [-0.39, 0.29) is 74.8 Å². The molecule has 406 valence electrons. The first kappa shape index (κ1) is 59.7. The van der Waals surface area contributed by atoms with Gasteiger partial charge in [-0.2, -0.15) is 39.5 Å². The molecular weight excluding hydrogens is 1020 g/mol. The number of thiazole rings is 1. The second-order valence-corrected chi connectivity index (χ2v) is 18.0. The molecule has 2 saturated heterocycles. The summed E-state index contributed by atoms with van der Waals surface area (Å²) in [5.41, 5.74) is 2.21. The number of carbonyl (C=O) groups excluding carboxylic acids is 3. The molecule has 6 rings (SSSR count). The van der Waals surface area contributed by atoms with Gasteiger partial charge in [-0.3, -0.25) is 19.3 Å². The smallest absolute Gasteiger partial charge is 0.490 e. The Balaban J connectivity index is 0.000000722. The van der Waals surface area contributed by atoms with Gasteiger partial charge in [0.15, 0.2) is 12.4 Å². The van der Waals surface area contributed by atoms with Gasteiger partial charge in [0, 0.05) is 50.6 Å². The van der Waals surface area contributed by atoms with Gasteiger partial charge in [0.25, 0.3) is 11.8 Å². The number of phenolic OH excluding ortho intramolecular Hbond substituents is 1. The van der Waals surface area contributed by atoms with E-state index in [9.17, 15) is 59.0 Å². The molecule has 5 N–H and O–H groups in total. The number of alkyl halides is 9. The van der Waals surface area contributed by atoms with Crippen molar-refractivity contribution < 1.29 is 97.4 Å². The monoisotopic (exact) mass is 1080 g/mol. The number of amides is 3. The van der Waals surface area contributed by atoms with Crippen LogP contribution in [0.1, 0.15) is 71.2 Å². The maximum atomic E-state index is 15.1. The molecule has 3 amide bonds. The number of aromatic hydroxyl groups is 1. The minimum Gasteiger partial charge on any atom is -0.506 e. The Bertz CT molecular complexity index is 2340. The number of ether oxygens (including phenoxy) is 3. The third-order valence-corrected chi connectivity index (χ3v) is 12.3. The number of carbonyl (C=O) groups is 5. The number of carboxylic acids is 2. The standard InChI is InChI=1S/C41H52F4N6O7S.2C2HF3O2/c1-27(2)38-47-32(24-59-38)39(55)51-17-20-58-40(25-51)10-14-49(15-11-40)22-28-3-4-29(31(42)21-28)8-18-56-19-9-35(54)50(26-41(43,44)45)16-13-46-12-7-30-5-6-33(52)36-37(30)57-23-34(53)48-36;2*3-2(4,5)1(6)7/h3-6,21,24,27,46,52H,7-20,22-23,25-26H2,1-2H3,(H,48,53);2*(H,6,7). The van der Waals surface area contributed by atoms with Gasteiger partial charge in [0.1, 0.15) is 29.5 Å². The summed E-state index contributed by atoms with van der Waals surface area (Å²) in [7, 11) is 0. The van der Waals surface area contributed by atoms with Crippen LogP contribution >= 0.6 is 11.3 Å². The molecule has 1 aromatic heterocycles. The van der Waals surface area contributed by atoms with E-state index in [0.717, 1.165) is 41.4 Å². The van der Waals surface area contributed by atoms with Crippen LogP contribution in [0.4, 0.5) is 49.6 Å². The second kappa shape index (κ2) is 26.4. The van der Waals surface area contributed by atoms with Crippen LogP contribution in [0, 0.1) is 5.82 Å². The van der Waals surface area contributed by atoms with Gasteiger partial charge in [0.05, 0.1) is 43.4 Å². The summed E-state index contributed by atoms with van der Waals surface area (Å²) < 4.78 is 136. The zero-order valence-electron chi connectivity index (χ0n) is 39.4. The summed E-state index contributed by atoms with van der Waals surface area (Å²) in [6.07, 6.45) is -12.9. The molecule has 4 heterocycles. The summed E-state index contributed by atoms with van der Waals surface area (Å²) in [5.74, 6) is -6.59. The fraction of sp³-hybridized carbons (Fsp3) is 0.556. The number of morpholine rings is 1. The number of halogens is 10. The van der Waals surface area contributed by atoms with Crippen molar-refractivity contribution in [1.82, 2.24) is 25.0 Å². The van der Waals surface area contributed by atoms with Crippen LogP contribution in [0.25, 0.3) is 0 Å². The van der Waals surface area contributed by atoms with E-state index in [0.29, 0.717) is 61.8 Å². The van der Waals surface area contributed by atoms with Crippen LogP contribution in [0.15, 0.2) is 35.7 Å². The Morgan fingerprint density at radius 1 is 0.932 bits per heavy atom. The lowest BCUT2D eigenvalue weighted by Crippen LogP contribution is -2.58. The maximum Gasteiger partial charge on any atom is 0.490 e. The lowest BCUT2D eigenvalue weighted by Gasteiger charge is -2.47. The van der Waals surface area contributed by atoms with Crippen LogP contribution in [0.3, 0.4) is 0 Å². The average molecular weight is 1080 g/mol. The predicted molar refractivity (Wildman–Crippen MR) is 240 cm³/mol. The van der Waals surface area contributed by atoms with Crippen LogP contribution < -0.4 is 15.4 Å². The summed E-state index contributed by atoms with van der Waals surface area (Å²) in [4.78, 5) is 64.8. The van der Waals surface area contributed by atoms with E-state index in [1.165, 1.54) is 23.5 Å². The van der Waals surface area contributed by atoms with Gasteiger partial charge in [-0.1, -0.05) is 32.0 Å². The number of rotatable bonds is 17. The number of fused-ring (bicyclic) bond motifs is 1. The minimum absolute atomic E-state index is 0.0600. The Labute approximate surface area is 415 Å². The highest BCUT2D eigenvalue weighted by Gasteiger charge is 2.42. The quantitative estimate of drug-likeness (QED) is 0.0563. The Kier molecular flexibility index (Phi) is 21.6. The number of anilines is 1. The van der Waals surface area contributed by atoms with Crippen molar-refractivity contribution in [2.75, 3.05) is 84.1 Å². The third kappa shape index (κ3) is 19.2. The Hall–Kier alpha value is -5.84. The van der Waals surface area contributed by atoms with E-state index in [4.69, 9.17) is 34.0 Å². The summed E-state index contributed by atoms with van der Waals surface area (Å²) in [6.45, 7) is 6.31. The first-order valence-corrected chi connectivity index (χ1v) is 23.3. The molecule has 0 unspecified atom stereocenters. The number of carboxylic acid groups (broad SMARTS) is 2. The highest BCUT2D eigenvalue weighted by molar-refractivity contribution is 7.09. The lowest BCUT2D eigenvalue weighted by molar-refractivity contribution is -0.193. The Morgan fingerprint density at radius 2 is 1.58 bits per heavy atom. The highest BCUT2D eigenvalue weighted by atomic mass is 32.1. The number of aromatic nitrogens is 1. The molecule has 28 heteroatoms. The lowest BCUT2D eigenvalue weighted by atomic mass is 9.89. The minimum atomic E-state index is -5.08. The van der Waals surface area contributed by atoms with Gasteiger partial charge >= 0.3 is 30.5 Å². The molecular formula is C45H54F10N6O11S. The molecule has 3 aliphatic heterocycles. The zero-order chi connectivity index (χ0) is 54.3. The number of benzene rings is 2. The SMILES string of the molecule is CC(C)c1nc(C(=O)N2CCOC3(CCN(Cc4ccc(CCOCCC(=O)N(CCNCCc5ccc(O)c6c5OCC(=O)N6)CC(F)(F)F)c(F)c4)CC3)C2)cs1.O=C(O)C(F)(F)F.O=C(O)C(F)(F)F. The van der Waals surface area contributed by atoms with Crippen molar-refractivity contribution in [3.8, 4) is 11.5 Å². The van der Waals surface area contributed by atoms with Crippen molar-refractivity contribution in [3.05, 3.63) is 68.9 Å². The number of aliphatic carboxylic acids is 2. The van der Waals surface area contributed by atoms with Crippen LogP contribution in [-0.4, -0.2) is 168 Å². The molecule has 0 saturated carbocycles. The fourth-order valence-electron chi connectivity index (χ4n) is 7.49. The Morgan fingerprint density at radius 3 is 2.16 bits per heavy atom. The molecule has 0 aliphatic carbocycles. The van der Waals surface area contributed by atoms with Gasteiger partial charge in [0.2, 0.25) is 5.91 Å². The number of nitrogens with zero attached hydrogens (tertiary/aromatic N) is 4.